The molecule has 122 valence electrons. The highest BCUT2D eigenvalue weighted by molar-refractivity contribution is 5.79. The van der Waals surface area contributed by atoms with Crippen molar-refractivity contribution in [2.24, 2.45) is 13.0 Å². The second-order valence-electron chi connectivity index (χ2n) is 6.26. The van der Waals surface area contributed by atoms with Crippen molar-refractivity contribution in [2.45, 2.75) is 25.8 Å². The Morgan fingerprint density at radius 3 is 3.09 bits per heavy atom. The van der Waals surface area contributed by atoms with E-state index in [1.165, 1.54) is 11.3 Å². The van der Waals surface area contributed by atoms with Crippen LogP contribution in [0.15, 0.2) is 24.5 Å². The van der Waals surface area contributed by atoms with E-state index in [4.69, 9.17) is 0 Å². The summed E-state index contributed by atoms with van der Waals surface area (Å²) in [6, 6.07) is 3.92. The number of anilines is 1. The fourth-order valence-corrected chi connectivity index (χ4v) is 3.16. The van der Waals surface area contributed by atoms with Gasteiger partial charge in [0.25, 0.3) is 0 Å². The number of aromatic nitrogens is 3. The molecule has 1 aliphatic carbocycles. The van der Waals surface area contributed by atoms with E-state index in [1.807, 2.05) is 49.1 Å². The number of pyridine rings is 1. The lowest BCUT2D eigenvalue weighted by molar-refractivity contribution is -0.125. The summed E-state index contributed by atoms with van der Waals surface area (Å²) in [5.74, 6) is 0.122. The minimum atomic E-state index is 0.0180. The number of fused-ring (bicyclic) bond motifs is 1. The second kappa shape index (κ2) is 6.40. The molecule has 2 aromatic rings. The van der Waals surface area contributed by atoms with Crippen LogP contribution in [-0.2, 0) is 31.2 Å². The van der Waals surface area contributed by atoms with Crippen LogP contribution < -0.4 is 10.2 Å². The Bertz CT molecular complexity index is 707. The maximum Gasteiger partial charge on any atom is 0.223 e. The zero-order chi connectivity index (χ0) is 16.4. The Hall–Kier alpha value is -2.37. The third-order valence-corrected chi connectivity index (χ3v) is 4.50. The molecular formula is C17H23N5O. The summed E-state index contributed by atoms with van der Waals surface area (Å²) >= 11 is 0. The molecule has 0 spiro atoms. The number of nitrogens with zero attached hydrogens (tertiary/aromatic N) is 4. The van der Waals surface area contributed by atoms with Crippen LogP contribution in [0.1, 0.15) is 23.4 Å². The van der Waals surface area contributed by atoms with Gasteiger partial charge in [0.05, 0.1) is 24.1 Å². The summed E-state index contributed by atoms with van der Waals surface area (Å²) in [5, 5.41) is 7.33. The molecule has 1 amide bonds. The van der Waals surface area contributed by atoms with E-state index < -0.39 is 0 Å². The first-order valence-electron chi connectivity index (χ1n) is 7.95. The first-order chi connectivity index (χ1) is 11.1. The molecule has 6 heteroatoms. The number of carbonyl (C=O) groups is 1. The Morgan fingerprint density at radius 1 is 1.48 bits per heavy atom. The summed E-state index contributed by atoms with van der Waals surface area (Å²) < 4.78 is 1.89. The van der Waals surface area contributed by atoms with E-state index in [9.17, 15) is 4.79 Å². The van der Waals surface area contributed by atoms with E-state index in [0.717, 1.165) is 30.6 Å². The number of aryl methyl sites for hydroxylation is 2. The molecule has 0 radical (unpaired) electrons. The lowest BCUT2D eigenvalue weighted by atomic mass is 9.87. The summed E-state index contributed by atoms with van der Waals surface area (Å²) in [7, 11) is 5.90. The molecule has 3 rings (SSSR count). The topological polar surface area (TPSA) is 63.1 Å². The smallest absolute Gasteiger partial charge is 0.223 e. The molecule has 1 aliphatic rings. The number of nitrogens with one attached hydrogen (secondary N) is 1. The fraction of sp³-hybridized carbons (Fsp3) is 0.471. The van der Waals surface area contributed by atoms with Gasteiger partial charge in [-0.15, -0.1) is 0 Å². The number of hydrogen-bond acceptors (Lipinski definition) is 4. The SMILES string of the molecule is CN(C)c1cccnc1CNC(=O)C1CCc2cnn(C)c2C1. The highest BCUT2D eigenvalue weighted by atomic mass is 16.1. The van der Waals surface area contributed by atoms with Gasteiger partial charge >= 0.3 is 0 Å². The van der Waals surface area contributed by atoms with Gasteiger partial charge < -0.3 is 10.2 Å². The maximum atomic E-state index is 12.5. The second-order valence-corrected chi connectivity index (χ2v) is 6.26. The predicted molar refractivity (Wildman–Crippen MR) is 89.1 cm³/mol. The summed E-state index contributed by atoms with van der Waals surface area (Å²) in [4.78, 5) is 18.9. The van der Waals surface area contributed by atoms with Crippen LogP contribution in [0.3, 0.4) is 0 Å². The van der Waals surface area contributed by atoms with E-state index in [0.29, 0.717) is 6.54 Å². The van der Waals surface area contributed by atoms with Crippen LogP contribution >= 0.6 is 0 Å². The quantitative estimate of drug-likeness (QED) is 0.924. The van der Waals surface area contributed by atoms with Crippen LogP contribution in [-0.4, -0.2) is 34.8 Å². The molecule has 1 atom stereocenters. The third kappa shape index (κ3) is 3.21. The molecule has 2 heterocycles. The average molecular weight is 313 g/mol. The zero-order valence-electron chi connectivity index (χ0n) is 13.9. The Kier molecular flexibility index (Phi) is 4.32. The van der Waals surface area contributed by atoms with Crippen LogP contribution in [0.5, 0.6) is 0 Å². The molecular weight excluding hydrogens is 290 g/mol. The molecule has 0 fully saturated rings. The molecule has 6 nitrogen and oxygen atoms in total. The van der Waals surface area contributed by atoms with Gasteiger partial charge in [0.1, 0.15) is 0 Å². The van der Waals surface area contributed by atoms with Crippen molar-refractivity contribution in [3.63, 3.8) is 0 Å². The van der Waals surface area contributed by atoms with Crippen LogP contribution in [0, 0.1) is 5.92 Å². The number of rotatable bonds is 4. The molecule has 0 aromatic carbocycles. The van der Waals surface area contributed by atoms with E-state index in [1.54, 1.807) is 6.20 Å². The minimum Gasteiger partial charge on any atom is -0.376 e. The fourth-order valence-electron chi connectivity index (χ4n) is 3.16. The van der Waals surface area contributed by atoms with Crippen molar-refractivity contribution in [3.05, 3.63) is 41.5 Å². The highest BCUT2D eigenvalue weighted by Crippen LogP contribution is 2.25. The van der Waals surface area contributed by atoms with E-state index in [2.05, 4.69) is 15.4 Å². The van der Waals surface area contributed by atoms with Gasteiger partial charge in [-0.3, -0.25) is 14.5 Å². The van der Waals surface area contributed by atoms with Crippen molar-refractivity contribution >= 4 is 11.6 Å². The van der Waals surface area contributed by atoms with Gasteiger partial charge in [0, 0.05) is 45.4 Å². The Labute approximate surface area is 136 Å². The predicted octanol–water partition coefficient (Wildman–Crippen LogP) is 1.30. The van der Waals surface area contributed by atoms with Crippen LogP contribution in [0.25, 0.3) is 0 Å². The molecule has 0 bridgehead atoms. The number of amides is 1. The van der Waals surface area contributed by atoms with Gasteiger partial charge in [0.15, 0.2) is 0 Å². The largest absolute Gasteiger partial charge is 0.376 e. The summed E-state index contributed by atoms with van der Waals surface area (Å²) in [6.45, 7) is 0.460. The first-order valence-corrected chi connectivity index (χ1v) is 7.95. The lowest BCUT2D eigenvalue weighted by Crippen LogP contribution is -2.34. The van der Waals surface area contributed by atoms with Gasteiger partial charge in [-0.2, -0.15) is 5.10 Å². The third-order valence-electron chi connectivity index (χ3n) is 4.50. The van der Waals surface area contributed by atoms with Crippen molar-refractivity contribution in [2.75, 3.05) is 19.0 Å². The minimum absolute atomic E-state index is 0.0180. The van der Waals surface area contributed by atoms with Crippen LogP contribution in [0.4, 0.5) is 5.69 Å². The Morgan fingerprint density at radius 2 is 2.30 bits per heavy atom. The molecule has 1 N–H and O–H groups in total. The van der Waals surface area contributed by atoms with Crippen molar-refractivity contribution in [1.29, 1.82) is 0 Å². The normalized spacial score (nSPS) is 16.7. The molecule has 0 aliphatic heterocycles. The summed E-state index contributed by atoms with van der Waals surface area (Å²) in [5.41, 5.74) is 4.38. The lowest BCUT2D eigenvalue weighted by Gasteiger charge is -2.22. The molecule has 0 saturated heterocycles. The number of carbonyl (C=O) groups excluding carboxylic acids is 1. The monoisotopic (exact) mass is 313 g/mol. The molecule has 23 heavy (non-hydrogen) atoms. The van der Waals surface area contributed by atoms with E-state index in [-0.39, 0.29) is 11.8 Å². The molecule has 1 unspecified atom stereocenters. The van der Waals surface area contributed by atoms with Crippen molar-refractivity contribution in [3.8, 4) is 0 Å². The molecule has 0 saturated carbocycles. The first kappa shape index (κ1) is 15.5. The van der Waals surface area contributed by atoms with Crippen molar-refractivity contribution in [1.82, 2.24) is 20.1 Å². The standard InChI is InChI=1S/C17H23N5O/c1-21(2)15-5-4-8-18-14(15)11-19-17(23)12-6-7-13-10-20-22(3)16(13)9-12/h4-5,8,10,12H,6-7,9,11H2,1-3H3,(H,19,23). The Balaban J connectivity index is 1.64. The van der Waals surface area contributed by atoms with Gasteiger partial charge in [-0.1, -0.05) is 0 Å². The molecule has 2 aromatic heterocycles. The number of hydrogen-bond donors (Lipinski definition) is 1. The van der Waals surface area contributed by atoms with Crippen molar-refractivity contribution < 1.29 is 4.79 Å². The summed E-state index contributed by atoms with van der Waals surface area (Å²) in [6.07, 6.45) is 6.25. The van der Waals surface area contributed by atoms with Gasteiger partial charge in [-0.25, -0.2) is 0 Å². The zero-order valence-corrected chi connectivity index (χ0v) is 13.9. The highest BCUT2D eigenvalue weighted by Gasteiger charge is 2.27. The van der Waals surface area contributed by atoms with Gasteiger partial charge in [0.2, 0.25) is 5.91 Å². The maximum absolute atomic E-state index is 12.5. The van der Waals surface area contributed by atoms with Crippen LogP contribution in [0.2, 0.25) is 0 Å². The van der Waals surface area contributed by atoms with Gasteiger partial charge in [-0.05, 0) is 30.5 Å². The average Bonchev–Trinajstić information content (AvgIpc) is 2.93. The van der Waals surface area contributed by atoms with E-state index >= 15 is 0 Å².